The van der Waals surface area contributed by atoms with E-state index in [4.69, 9.17) is 9.52 Å². The zero-order chi connectivity index (χ0) is 18.7. The summed E-state index contributed by atoms with van der Waals surface area (Å²) in [7, 11) is 0. The quantitative estimate of drug-likeness (QED) is 0.363. The fraction of sp³-hybridized carbons (Fsp3) is 0.111. The molecule has 0 saturated heterocycles. The molecule has 4 rings (SSSR count). The van der Waals surface area contributed by atoms with Crippen molar-refractivity contribution >= 4 is 22.5 Å². The van der Waals surface area contributed by atoms with E-state index in [0.717, 1.165) is 12.1 Å². The number of aromatic hydroxyl groups is 4. The van der Waals surface area contributed by atoms with E-state index < -0.39 is 34.8 Å². The van der Waals surface area contributed by atoms with Gasteiger partial charge < -0.3 is 29.9 Å². The Morgan fingerprint density at radius 2 is 1.58 bits per heavy atom. The summed E-state index contributed by atoms with van der Waals surface area (Å²) in [6.07, 6.45) is -0.0387. The van der Waals surface area contributed by atoms with Gasteiger partial charge >= 0.3 is 0 Å². The zero-order valence-corrected chi connectivity index (χ0v) is 13.1. The molecule has 2 aromatic carbocycles. The number of fused-ring (bicyclic) bond motifs is 3. The molecule has 0 aliphatic heterocycles. The van der Waals surface area contributed by atoms with Crippen LogP contribution in [-0.2, 0) is 6.42 Å². The summed E-state index contributed by atoms with van der Waals surface area (Å²) in [5.41, 5.74) is -0.978. The molecule has 3 aromatic rings. The Kier molecular flexibility index (Phi) is 3.22. The van der Waals surface area contributed by atoms with Gasteiger partial charge in [0.25, 0.3) is 5.95 Å². The maximum Gasteiger partial charge on any atom is 0.286 e. The number of hydrogen-bond donors (Lipinski definition) is 5. The molecule has 0 spiro atoms. The fourth-order valence-electron chi connectivity index (χ4n) is 3.34. The molecule has 0 radical (unpaired) electrons. The van der Waals surface area contributed by atoms with Gasteiger partial charge in [0.2, 0.25) is 5.78 Å². The van der Waals surface area contributed by atoms with Crippen LogP contribution < -0.4 is 0 Å². The van der Waals surface area contributed by atoms with Crippen LogP contribution >= 0.6 is 0 Å². The summed E-state index contributed by atoms with van der Waals surface area (Å²) in [6.45, 7) is -0.339. The first-order valence-corrected chi connectivity index (χ1v) is 7.61. The summed E-state index contributed by atoms with van der Waals surface area (Å²) < 4.78 is 5.14. The maximum atomic E-state index is 12.8. The van der Waals surface area contributed by atoms with Crippen LogP contribution in [-0.4, -0.2) is 43.7 Å². The molecule has 1 aromatic heterocycles. The Morgan fingerprint density at radius 1 is 0.885 bits per heavy atom. The van der Waals surface area contributed by atoms with Gasteiger partial charge in [-0.3, -0.25) is 9.59 Å². The van der Waals surface area contributed by atoms with Gasteiger partial charge in [-0.05, 0) is 12.1 Å². The topological polar surface area (TPSA) is 148 Å². The second-order valence-corrected chi connectivity index (χ2v) is 5.93. The smallest absolute Gasteiger partial charge is 0.286 e. The minimum absolute atomic E-state index is 0.0122. The van der Waals surface area contributed by atoms with Gasteiger partial charge in [-0.1, -0.05) is 0 Å². The number of aliphatic hydroxyl groups is 1. The zero-order valence-electron chi connectivity index (χ0n) is 13.1. The number of carbonyl (C=O) groups is 2. The predicted octanol–water partition coefficient (Wildman–Crippen LogP) is 1.57. The highest BCUT2D eigenvalue weighted by Gasteiger charge is 2.37. The lowest BCUT2D eigenvalue weighted by atomic mass is 9.82. The molecule has 0 saturated carbocycles. The third-order valence-corrected chi connectivity index (χ3v) is 4.44. The second-order valence-electron chi connectivity index (χ2n) is 5.93. The van der Waals surface area contributed by atoms with E-state index in [1.807, 2.05) is 0 Å². The van der Waals surface area contributed by atoms with Gasteiger partial charge in [0.05, 0.1) is 16.5 Å². The lowest BCUT2D eigenvalue weighted by Crippen LogP contribution is -2.21. The molecule has 26 heavy (non-hydrogen) atoms. The van der Waals surface area contributed by atoms with Crippen molar-refractivity contribution in [2.45, 2.75) is 6.42 Å². The van der Waals surface area contributed by atoms with Crippen LogP contribution in [0.2, 0.25) is 0 Å². The molecule has 1 aliphatic rings. The number of benzene rings is 2. The van der Waals surface area contributed by atoms with E-state index in [2.05, 4.69) is 0 Å². The van der Waals surface area contributed by atoms with Gasteiger partial charge in [0.15, 0.2) is 5.78 Å². The van der Waals surface area contributed by atoms with Crippen LogP contribution in [0.4, 0.5) is 0 Å². The highest BCUT2D eigenvalue weighted by Crippen LogP contribution is 2.45. The average molecular weight is 356 g/mol. The van der Waals surface area contributed by atoms with Crippen LogP contribution in [0.3, 0.4) is 0 Å². The van der Waals surface area contributed by atoms with Crippen LogP contribution in [0.25, 0.3) is 11.0 Å². The summed E-state index contributed by atoms with van der Waals surface area (Å²) in [5, 5.41) is 49.2. The van der Waals surface area contributed by atoms with E-state index in [0.29, 0.717) is 0 Å². The van der Waals surface area contributed by atoms with Crippen molar-refractivity contribution < 1.29 is 39.5 Å². The number of hydrogen-bond acceptors (Lipinski definition) is 8. The van der Waals surface area contributed by atoms with Crippen LogP contribution in [0.15, 0.2) is 22.6 Å². The number of aliphatic hydroxyl groups excluding tert-OH is 1. The number of ketones is 2. The summed E-state index contributed by atoms with van der Waals surface area (Å²) >= 11 is 0. The molecule has 8 heteroatoms. The molecular formula is C18H12O8. The lowest BCUT2D eigenvalue weighted by Gasteiger charge is -2.19. The first-order chi connectivity index (χ1) is 12.3. The van der Waals surface area contributed by atoms with Crippen molar-refractivity contribution in [1.29, 1.82) is 0 Å². The molecule has 0 unspecified atom stereocenters. The summed E-state index contributed by atoms with van der Waals surface area (Å²) in [6, 6.07) is 3.18. The summed E-state index contributed by atoms with van der Waals surface area (Å²) in [5.74, 6) is -3.60. The molecule has 5 N–H and O–H groups in total. The van der Waals surface area contributed by atoms with Crippen molar-refractivity contribution in [3.8, 4) is 23.2 Å². The Labute approximate surface area is 145 Å². The number of rotatable bonds is 2. The third kappa shape index (κ3) is 1.93. The number of furan rings is 1. The molecule has 0 amide bonds. The Balaban J connectivity index is 2.09. The molecule has 1 aliphatic carbocycles. The Morgan fingerprint density at radius 3 is 2.27 bits per heavy atom. The highest BCUT2D eigenvalue weighted by atomic mass is 16.5. The normalized spacial score (nSPS) is 13.1. The van der Waals surface area contributed by atoms with Crippen LogP contribution in [0.5, 0.6) is 23.2 Å². The van der Waals surface area contributed by atoms with Crippen molar-refractivity contribution in [3.05, 3.63) is 46.0 Å². The Hall–Kier alpha value is -3.52. The van der Waals surface area contributed by atoms with E-state index in [9.17, 15) is 30.0 Å². The molecule has 0 atom stereocenters. The minimum Gasteiger partial charge on any atom is -0.508 e. The van der Waals surface area contributed by atoms with Crippen LogP contribution in [0.1, 0.15) is 37.4 Å². The van der Waals surface area contributed by atoms with E-state index in [1.165, 1.54) is 6.07 Å². The van der Waals surface area contributed by atoms with E-state index in [1.54, 1.807) is 0 Å². The molecule has 1 heterocycles. The van der Waals surface area contributed by atoms with Gasteiger partial charge in [-0.2, -0.15) is 0 Å². The van der Waals surface area contributed by atoms with Gasteiger partial charge in [-0.15, -0.1) is 0 Å². The van der Waals surface area contributed by atoms with Gasteiger partial charge in [0.1, 0.15) is 22.8 Å². The monoisotopic (exact) mass is 356 g/mol. The van der Waals surface area contributed by atoms with Crippen molar-refractivity contribution in [3.63, 3.8) is 0 Å². The first-order valence-electron chi connectivity index (χ1n) is 7.61. The highest BCUT2D eigenvalue weighted by molar-refractivity contribution is 6.31. The maximum absolute atomic E-state index is 12.8. The number of phenols is 3. The molecule has 0 fully saturated rings. The SMILES string of the molecule is O=C1c2cc(O)cc(O)c2C(=O)c2c1cc1oc(O)c(CCO)c1c2O. The number of carbonyl (C=O) groups excluding carboxylic acids is 2. The van der Waals surface area contributed by atoms with Crippen molar-refractivity contribution in [2.75, 3.05) is 6.61 Å². The predicted molar refractivity (Wildman–Crippen MR) is 87.0 cm³/mol. The van der Waals surface area contributed by atoms with Gasteiger partial charge in [0, 0.05) is 35.8 Å². The lowest BCUT2D eigenvalue weighted by molar-refractivity contribution is 0.0974. The van der Waals surface area contributed by atoms with Crippen molar-refractivity contribution in [2.24, 2.45) is 0 Å². The second kappa shape index (κ2) is 5.24. The molecular weight excluding hydrogens is 344 g/mol. The third-order valence-electron chi connectivity index (χ3n) is 4.44. The van der Waals surface area contributed by atoms with Gasteiger partial charge in [-0.25, -0.2) is 0 Å². The van der Waals surface area contributed by atoms with E-state index in [-0.39, 0.29) is 51.8 Å². The molecule has 132 valence electrons. The number of phenolic OH excluding ortho intramolecular Hbond substituents is 3. The van der Waals surface area contributed by atoms with Crippen LogP contribution in [0, 0.1) is 0 Å². The summed E-state index contributed by atoms with van der Waals surface area (Å²) in [4.78, 5) is 25.6. The fourth-order valence-corrected chi connectivity index (χ4v) is 3.34. The van der Waals surface area contributed by atoms with Crippen molar-refractivity contribution in [1.82, 2.24) is 0 Å². The first kappa shape index (κ1) is 16.0. The largest absolute Gasteiger partial charge is 0.508 e. The molecule has 0 bridgehead atoms. The Bertz CT molecular complexity index is 1120. The molecule has 8 nitrogen and oxygen atoms in total. The minimum atomic E-state index is -0.804. The average Bonchev–Trinajstić information content (AvgIpc) is 2.88. The van der Waals surface area contributed by atoms with E-state index >= 15 is 0 Å². The standard InChI is InChI=1S/C18H12O8/c19-2-1-7-13-11(26-18(7)25)5-9-14(17(13)24)16(23)12-8(15(9)22)3-6(20)4-10(12)21/h3-5,19-21,24-25H,1-2H2.